The third kappa shape index (κ3) is 3.91. The van der Waals surface area contributed by atoms with E-state index in [-0.39, 0.29) is 5.56 Å². The van der Waals surface area contributed by atoms with Crippen LogP contribution in [0.3, 0.4) is 0 Å². The molecule has 5 heteroatoms. The molecule has 0 aliphatic rings. The van der Waals surface area contributed by atoms with Gasteiger partial charge in [0.15, 0.2) is 0 Å². The van der Waals surface area contributed by atoms with Crippen LogP contribution in [0.1, 0.15) is 36.8 Å². The Morgan fingerprint density at radius 3 is 2.61 bits per heavy atom. The summed E-state index contributed by atoms with van der Waals surface area (Å²) in [6.07, 6.45) is 3.43. The number of likely N-dealkylation sites (N-methyl/N-ethyl adjacent to an activating group) is 1. The Bertz CT molecular complexity index is 480. The third-order valence-corrected chi connectivity index (χ3v) is 3.37. The second-order valence-electron chi connectivity index (χ2n) is 4.65. The van der Waals surface area contributed by atoms with Crippen molar-refractivity contribution < 1.29 is 0 Å². The molecule has 1 N–H and O–H groups in total. The summed E-state index contributed by atoms with van der Waals surface area (Å²) in [7, 11) is 3.77. The highest BCUT2D eigenvalue weighted by Crippen LogP contribution is 2.05. The summed E-state index contributed by atoms with van der Waals surface area (Å²) < 4.78 is 0. The van der Waals surface area contributed by atoms with Crippen LogP contribution in [0.15, 0.2) is 4.79 Å². The molecule has 0 bridgehead atoms. The SMILES string of the molecule is CCCCc1nc(C)c(CC(=S)N(C)C)c(=O)[nH]1. The van der Waals surface area contributed by atoms with E-state index in [0.717, 1.165) is 35.8 Å². The molecule has 0 amide bonds. The van der Waals surface area contributed by atoms with Crippen LogP contribution in [0.5, 0.6) is 0 Å². The van der Waals surface area contributed by atoms with Crippen molar-refractivity contribution in [2.45, 2.75) is 39.5 Å². The molecule has 0 aliphatic heterocycles. The van der Waals surface area contributed by atoms with Crippen molar-refractivity contribution in [3.05, 3.63) is 27.4 Å². The number of nitrogens with zero attached hydrogens (tertiary/aromatic N) is 2. The lowest BCUT2D eigenvalue weighted by molar-refractivity contribution is 0.622. The fourth-order valence-corrected chi connectivity index (χ4v) is 1.79. The van der Waals surface area contributed by atoms with Crippen molar-refractivity contribution in [3.63, 3.8) is 0 Å². The smallest absolute Gasteiger partial charge is 0.254 e. The monoisotopic (exact) mass is 267 g/mol. The van der Waals surface area contributed by atoms with Crippen molar-refractivity contribution in [2.24, 2.45) is 0 Å². The maximum absolute atomic E-state index is 12.0. The average Bonchev–Trinajstić information content (AvgIpc) is 2.30. The first kappa shape index (κ1) is 14.8. The van der Waals surface area contributed by atoms with Gasteiger partial charge in [-0.15, -0.1) is 0 Å². The quantitative estimate of drug-likeness (QED) is 0.827. The summed E-state index contributed by atoms with van der Waals surface area (Å²) in [5, 5.41) is 0. The molecular weight excluding hydrogens is 246 g/mol. The number of hydrogen-bond donors (Lipinski definition) is 1. The van der Waals surface area contributed by atoms with Gasteiger partial charge in [-0.1, -0.05) is 25.6 Å². The highest BCUT2D eigenvalue weighted by atomic mass is 32.1. The van der Waals surface area contributed by atoms with Gasteiger partial charge in [-0.3, -0.25) is 4.79 Å². The minimum absolute atomic E-state index is 0.0576. The van der Waals surface area contributed by atoms with Gasteiger partial charge in [0.1, 0.15) is 5.82 Å². The summed E-state index contributed by atoms with van der Waals surface area (Å²) in [5.41, 5.74) is 1.40. The van der Waals surface area contributed by atoms with Crippen molar-refractivity contribution >= 4 is 17.2 Å². The van der Waals surface area contributed by atoms with E-state index in [1.54, 1.807) is 0 Å². The molecule has 0 saturated carbocycles. The number of hydrogen-bond acceptors (Lipinski definition) is 3. The number of aromatic amines is 1. The molecule has 1 heterocycles. The fourth-order valence-electron chi connectivity index (χ4n) is 1.65. The molecule has 1 aromatic heterocycles. The van der Waals surface area contributed by atoms with Gasteiger partial charge < -0.3 is 9.88 Å². The minimum Gasteiger partial charge on any atom is -0.372 e. The predicted octanol–water partition coefficient (Wildman–Crippen LogP) is 1.85. The third-order valence-electron chi connectivity index (χ3n) is 2.87. The van der Waals surface area contributed by atoms with Crippen molar-refractivity contribution in [3.8, 4) is 0 Å². The van der Waals surface area contributed by atoms with Gasteiger partial charge in [-0.2, -0.15) is 0 Å². The minimum atomic E-state index is -0.0576. The van der Waals surface area contributed by atoms with Gasteiger partial charge in [0.2, 0.25) is 0 Å². The molecule has 0 unspecified atom stereocenters. The van der Waals surface area contributed by atoms with Crippen molar-refractivity contribution in [2.75, 3.05) is 14.1 Å². The lowest BCUT2D eigenvalue weighted by Gasteiger charge is -2.14. The van der Waals surface area contributed by atoms with Gasteiger partial charge in [0.25, 0.3) is 5.56 Å². The molecule has 100 valence electrons. The van der Waals surface area contributed by atoms with E-state index in [9.17, 15) is 4.79 Å². The number of nitrogens with one attached hydrogen (secondary N) is 1. The molecule has 0 aromatic carbocycles. The number of rotatable bonds is 5. The molecule has 0 saturated heterocycles. The predicted molar refractivity (Wildman–Crippen MR) is 78.2 cm³/mol. The molecule has 0 fully saturated rings. The van der Waals surface area contributed by atoms with Gasteiger partial charge in [0.05, 0.1) is 4.99 Å². The maximum atomic E-state index is 12.0. The molecule has 1 aromatic rings. The van der Waals surface area contributed by atoms with Crippen LogP contribution >= 0.6 is 12.2 Å². The number of unbranched alkanes of at least 4 members (excludes halogenated alkanes) is 1. The van der Waals surface area contributed by atoms with E-state index >= 15 is 0 Å². The number of aryl methyl sites for hydroxylation is 2. The Kier molecular flexibility index (Phi) is 5.47. The van der Waals surface area contributed by atoms with E-state index in [4.69, 9.17) is 12.2 Å². The molecular formula is C13H21N3OS. The topological polar surface area (TPSA) is 49.0 Å². The van der Waals surface area contributed by atoms with Gasteiger partial charge in [0, 0.05) is 38.2 Å². The second kappa shape index (κ2) is 6.64. The summed E-state index contributed by atoms with van der Waals surface area (Å²) in [6, 6.07) is 0. The van der Waals surface area contributed by atoms with Crippen LogP contribution in [-0.2, 0) is 12.8 Å². The number of H-pyrrole nitrogens is 1. The Hall–Kier alpha value is -1.23. The van der Waals surface area contributed by atoms with Crippen LogP contribution in [-0.4, -0.2) is 34.0 Å². The van der Waals surface area contributed by atoms with E-state index < -0.39 is 0 Å². The second-order valence-corrected chi connectivity index (χ2v) is 5.12. The molecule has 18 heavy (non-hydrogen) atoms. The van der Waals surface area contributed by atoms with Gasteiger partial charge >= 0.3 is 0 Å². The molecule has 1 rings (SSSR count). The van der Waals surface area contributed by atoms with Crippen molar-refractivity contribution in [1.82, 2.24) is 14.9 Å². The molecule has 0 spiro atoms. The summed E-state index contributed by atoms with van der Waals surface area (Å²) in [6.45, 7) is 3.99. The lowest BCUT2D eigenvalue weighted by Crippen LogP contribution is -2.27. The molecule has 0 atom stereocenters. The zero-order valence-corrected chi connectivity index (χ0v) is 12.4. The standard InChI is InChI=1S/C13H21N3OS/c1-5-6-7-11-14-9(2)10(13(17)15-11)8-12(18)16(3)4/h5-8H2,1-4H3,(H,14,15,17). The van der Waals surface area contributed by atoms with E-state index in [1.807, 2.05) is 25.9 Å². The maximum Gasteiger partial charge on any atom is 0.254 e. The van der Waals surface area contributed by atoms with Crippen LogP contribution in [0.4, 0.5) is 0 Å². The first-order valence-corrected chi connectivity index (χ1v) is 6.65. The molecule has 0 aliphatic carbocycles. The van der Waals surface area contributed by atoms with E-state index in [0.29, 0.717) is 12.0 Å². The Morgan fingerprint density at radius 1 is 1.44 bits per heavy atom. The Labute approximate surface area is 113 Å². The summed E-state index contributed by atoms with van der Waals surface area (Å²) in [4.78, 5) is 21.9. The fraction of sp³-hybridized carbons (Fsp3) is 0.615. The van der Waals surface area contributed by atoms with Gasteiger partial charge in [-0.05, 0) is 13.3 Å². The zero-order chi connectivity index (χ0) is 13.7. The van der Waals surface area contributed by atoms with Crippen molar-refractivity contribution in [1.29, 1.82) is 0 Å². The van der Waals surface area contributed by atoms with Crippen LogP contribution in [0.2, 0.25) is 0 Å². The first-order chi connectivity index (χ1) is 8.45. The van der Waals surface area contributed by atoms with E-state index in [2.05, 4.69) is 16.9 Å². The zero-order valence-electron chi connectivity index (χ0n) is 11.5. The summed E-state index contributed by atoms with van der Waals surface area (Å²) in [5.74, 6) is 0.777. The highest BCUT2D eigenvalue weighted by Gasteiger charge is 2.11. The van der Waals surface area contributed by atoms with Crippen LogP contribution in [0, 0.1) is 6.92 Å². The largest absolute Gasteiger partial charge is 0.372 e. The lowest BCUT2D eigenvalue weighted by atomic mass is 10.1. The normalized spacial score (nSPS) is 10.4. The molecule has 0 radical (unpaired) electrons. The number of aromatic nitrogens is 2. The van der Waals surface area contributed by atoms with Crippen LogP contribution in [0.25, 0.3) is 0 Å². The Balaban J connectivity index is 2.94. The first-order valence-electron chi connectivity index (χ1n) is 6.24. The van der Waals surface area contributed by atoms with E-state index in [1.165, 1.54) is 0 Å². The highest BCUT2D eigenvalue weighted by molar-refractivity contribution is 7.80. The average molecular weight is 267 g/mol. The Morgan fingerprint density at radius 2 is 2.11 bits per heavy atom. The summed E-state index contributed by atoms with van der Waals surface area (Å²) >= 11 is 5.23. The molecule has 4 nitrogen and oxygen atoms in total. The number of thiocarbonyl (C=S) groups is 1. The van der Waals surface area contributed by atoms with Gasteiger partial charge in [-0.25, -0.2) is 4.98 Å². The van der Waals surface area contributed by atoms with Crippen LogP contribution < -0.4 is 5.56 Å².